The number of thiazole rings is 1. The number of fused-ring (bicyclic) bond motifs is 1. The molecule has 0 fully saturated rings. The number of anilines is 1. The number of rotatable bonds is 3. The van der Waals surface area contributed by atoms with Crippen molar-refractivity contribution < 1.29 is 19.1 Å². The van der Waals surface area contributed by atoms with Gasteiger partial charge in [0.2, 0.25) is 0 Å². The summed E-state index contributed by atoms with van der Waals surface area (Å²) in [5.41, 5.74) is 0.410. The zero-order valence-corrected chi connectivity index (χ0v) is 14.2. The summed E-state index contributed by atoms with van der Waals surface area (Å²) in [7, 11) is 0. The number of amides is 1. The molecule has 0 aromatic carbocycles. The molecule has 0 spiro atoms. The standard InChI is InChI=1S/C15H22N2O4S/c1-5-20-12(18)9-6-7-10-11(8-9)22-13(16-10)17-14(19)21-15(2,3)4/h9H,5-8H2,1-4H3,(H,16,17,19)/t9-/m0/s1. The highest BCUT2D eigenvalue weighted by molar-refractivity contribution is 7.15. The van der Waals surface area contributed by atoms with Crippen LogP contribution >= 0.6 is 11.3 Å². The second-order valence-corrected chi connectivity index (χ2v) is 7.29. The van der Waals surface area contributed by atoms with Crippen molar-refractivity contribution in [1.82, 2.24) is 4.98 Å². The second kappa shape index (κ2) is 6.64. The lowest BCUT2D eigenvalue weighted by atomic mass is 9.91. The number of aryl methyl sites for hydroxylation is 1. The molecule has 122 valence electrons. The lowest BCUT2D eigenvalue weighted by Gasteiger charge is -2.19. The molecule has 1 aromatic heterocycles. The Morgan fingerprint density at radius 2 is 2.14 bits per heavy atom. The molecular weight excluding hydrogens is 304 g/mol. The maximum absolute atomic E-state index is 11.8. The molecule has 7 heteroatoms. The molecule has 0 bridgehead atoms. The first kappa shape index (κ1) is 16.7. The van der Waals surface area contributed by atoms with Crippen LogP contribution in [0, 0.1) is 5.92 Å². The van der Waals surface area contributed by atoms with E-state index in [2.05, 4.69) is 10.3 Å². The summed E-state index contributed by atoms with van der Waals surface area (Å²) in [5, 5.41) is 3.17. The van der Waals surface area contributed by atoms with Gasteiger partial charge in [-0.25, -0.2) is 9.78 Å². The Morgan fingerprint density at radius 1 is 1.41 bits per heavy atom. The van der Waals surface area contributed by atoms with Gasteiger partial charge in [0.25, 0.3) is 0 Å². The zero-order chi connectivity index (χ0) is 16.3. The maximum atomic E-state index is 11.8. The predicted octanol–water partition coefficient (Wildman–Crippen LogP) is 3.16. The normalized spacial score (nSPS) is 17.5. The molecule has 2 rings (SSSR count). The second-order valence-electron chi connectivity index (χ2n) is 6.21. The average Bonchev–Trinajstić information content (AvgIpc) is 2.77. The lowest BCUT2D eigenvalue weighted by Crippen LogP contribution is -2.27. The Kier molecular flexibility index (Phi) is 5.05. The summed E-state index contributed by atoms with van der Waals surface area (Å²) < 4.78 is 10.3. The SMILES string of the molecule is CCOC(=O)[C@H]1CCc2nc(NC(=O)OC(C)(C)C)sc2C1. The minimum Gasteiger partial charge on any atom is -0.466 e. The van der Waals surface area contributed by atoms with Gasteiger partial charge in [-0.05, 0) is 47.0 Å². The number of carbonyl (C=O) groups is 2. The van der Waals surface area contributed by atoms with E-state index in [0.29, 0.717) is 18.2 Å². The van der Waals surface area contributed by atoms with Crippen LogP contribution in [0.15, 0.2) is 0 Å². The van der Waals surface area contributed by atoms with Crippen LogP contribution in [0.5, 0.6) is 0 Å². The summed E-state index contributed by atoms with van der Waals surface area (Å²) in [6, 6.07) is 0. The number of hydrogen-bond donors (Lipinski definition) is 1. The summed E-state index contributed by atoms with van der Waals surface area (Å²) in [4.78, 5) is 29.0. The largest absolute Gasteiger partial charge is 0.466 e. The molecule has 1 aliphatic rings. The lowest BCUT2D eigenvalue weighted by molar-refractivity contribution is -0.148. The molecular formula is C15H22N2O4S. The topological polar surface area (TPSA) is 77.5 Å². The molecule has 1 amide bonds. The Morgan fingerprint density at radius 3 is 2.77 bits per heavy atom. The number of carbonyl (C=O) groups excluding carboxylic acids is 2. The van der Waals surface area contributed by atoms with Gasteiger partial charge in [0.15, 0.2) is 5.13 Å². The van der Waals surface area contributed by atoms with Gasteiger partial charge in [0.05, 0.1) is 18.2 Å². The van der Waals surface area contributed by atoms with Crippen molar-refractivity contribution in [2.24, 2.45) is 5.92 Å². The fourth-order valence-corrected chi connectivity index (χ4v) is 3.35. The van der Waals surface area contributed by atoms with Crippen molar-refractivity contribution in [3.05, 3.63) is 10.6 Å². The first-order valence-corrected chi connectivity index (χ1v) is 8.25. The molecule has 1 heterocycles. The molecule has 0 radical (unpaired) electrons. The van der Waals surface area contributed by atoms with Gasteiger partial charge >= 0.3 is 12.1 Å². The summed E-state index contributed by atoms with van der Waals surface area (Å²) >= 11 is 1.40. The fourth-order valence-electron chi connectivity index (χ4n) is 2.28. The number of hydrogen-bond acceptors (Lipinski definition) is 6. The highest BCUT2D eigenvalue weighted by Gasteiger charge is 2.29. The zero-order valence-electron chi connectivity index (χ0n) is 13.4. The molecule has 1 aromatic rings. The molecule has 0 unspecified atom stereocenters. The van der Waals surface area contributed by atoms with Crippen molar-refractivity contribution in [2.75, 3.05) is 11.9 Å². The van der Waals surface area contributed by atoms with Crippen LogP contribution in [0.2, 0.25) is 0 Å². The highest BCUT2D eigenvalue weighted by Crippen LogP contribution is 2.33. The van der Waals surface area contributed by atoms with E-state index in [-0.39, 0.29) is 11.9 Å². The number of nitrogens with zero attached hydrogens (tertiary/aromatic N) is 1. The minimum atomic E-state index is -0.546. The first-order valence-electron chi connectivity index (χ1n) is 7.43. The van der Waals surface area contributed by atoms with Crippen LogP contribution in [0.3, 0.4) is 0 Å². The predicted molar refractivity (Wildman–Crippen MR) is 84.1 cm³/mol. The monoisotopic (exact) mass is 326 g/mol. The number of esters is 1. The number of nitrogens with one attached hydrogen (secondary N) is 1. The van der Waals surface area contributed by atoms with E-state index in [1.165, 1.54) is 11.3 Å². The highest BCUT2D eigenvalue weighted by atomic mass is 32.1. The van der Waals surface area contributed by atoms with E-state index in [0.717, 1.165) is 23.4 Å². The Balaban J connectivity index is 1.99. The Bertz CT molecular complexity index is 562. The van der Waals surface area contributed by atoms with Crippen LogP contribution in [0.1, 0.15) is 44.7 Å². The molecule has 0 saturated heterocycles. The van der Waals surface area contributed by atoms with E-state index >= 15 is 0 Å². The number of ether oxygens (including phenoxy) is 2. The van der Waals surface area contributed by atoms with Crippen LogP contribution < -0.4 is 5.32 Å². The maximum Gasteiger partial charge on any atom is 0.413 e. The third kappa shape index (κ3) is 4.43. The van der Waals surface area contributed by atoms with Crippen LogP contribution in [-0.4, -0.2) is 29.3 Å². The van der Waals surface area contributed by atoms with E-state index in [1.807, 2.05) is 27.7 Å². The summed E-state index contributed by atoms with van der Waals surface area (Å²) in [5.74, 6) is -0.259. The van der Waals surface area contributed by atoms with Gasteiger partial charge < -0.3 is 9.47 Å². The van der Waals surface area contributed by atoms with Gasteiger partial charge in [-0.2, -0.15) is 0 Å². The van der Waals surface area contributed by atoms with E-state index in [9.17, 15) is 9.59 Å². The fraction of sp³-hybridized carbons (Fsp3) is 0.667. The third-order valence-electron chi connectivity index (χ3n) is 3.17. The molecule has 22 heavy (non-hydrogen) atoms. The van der Waals surface area contributed by atoms with Crippen LogP contribution in [-0.2, 0) is 27.1 Å². The van der Waals surface area contributed by atoms with E-state index in [4.69, 9.17) is 9.47 Å². The molecule has 0 saturated carbocycles. The quantitative estimate of drug-likeness (QED) is 0.863. The van der Waals surface area contributed by atoms with Crippen molar-refractivity contribution in [1.29, 1.82) is 0 Å². The van der Waals surface area contributed by atoms with Gasteiger partial charge in [0.1, 0.15) is 5.60 Å². The Hall–Kier alpha value is -1.63. The van der Waals surface area contributed by atoms with E-state index in [1.54, 1.807) is 0 Å². The van der Waals surface area contributed by atoms with Gasteiger partial charge in [-0.1, -0.05) is 0 Å². The molecule has 0 aliphatic heterocycles. The smallest absolute Gasteiger partial charge is 0.413 e. The minimum absolute atomic E-state index is 0.109. The summed E-state index contributed by atoms with van der Waals surface area (Å²) in [6.07, 6.45) is 1.58. The third-order valence-corrected chi connectivity index (χ3v) is 4.20. The molecule has 6 nitrogen and oxygen atoms in total. The van der Waals surface area contributed by atoms with Crippen molar-refractivity contribution in [3.8, 4) is 0 Å². The van der Waals surface area contributed by atoms with E-state index < -0.39 is 11.7 Å². The molecule has 1 N–H and O–H groups in total. The van der Waals surface area contributed by atoms with Gasteiger partial charge in [-0.3, -0.25) is 10.1 Å². The molecule has 1 aliphatic carbocycles. The van der Waals surface area contributed by atoms with Gasteiger partial charge in [0, 0.05) is 4.88 Å². The van der Waals surface area contributed by atoms with Gasteiger partial charge in [-0.15, -0.1) is 11.3 Å². The van der Waals surface area contributed by atoms with Crippen LogP contribution in [0.25, 0.3) is 0 Å². The van der Waals surface area contributed by atoms with Crippen molar-refractivity contribution in [3.63, 3.8) is 0 Å². The first-order chi connectivity index (χ1) is 10.3. The van der Waals surface area contributed by atoms with Crippen molar-refractivity contribution in [2.45, 2.75) is 52.6 Å². The summed E-state index contributed by atoms with van der Waals surface area (Å²) in [6.45, 7) is 7.63. The van der Waals surface area contributed by atoms with Crippen LogP contribution in [0.4, 0.5) is 9.93 Å². The average molecular weight is 326 g/mol. The number of aromatic nitrogens is 1. The van der Waals surface area contributed by atoms with Crippen molar-refractivity contribution >= 4 is 28.5 Å². The molecule has 1 atom stereocenters. The Labute approximate surface area is 134 Å².